The summed E-state index contributed by atoms with van der Waals surface area (Å²) >= 11 is 0. The molecule has 0 aliphatic carbocycles. The Morgan fingerprint density at radius 1 is 1.17 bits per heavy atom. The zero-order valence-corrected chi connectivity index (χ0v) is 12.1. The molecule has 3 heterocycles. The molecule has 1 fully saturated rings. The Morgan fingerprint density at radius 2 is 2.00 bits per heavy atom. The molecular weight excluding hydrogens is 299 g/mol. The van der Waals surface area contributed by atoms with Crippen LogP contribution in [-0.4, -0.2) is 45.3 Å². The molecule has 2 aromatic heterocycles. The highest BCUT2D eigenvalue weighted by molar-refractivity contribution is 5.91. The molecule has 4 rings (SSSR count). The molecule has 0 saturated carbocycles. The van der Waals surface area contributed by atoms with Gasteiger partial charge < -0.3 is 10.2 Å². The number of nitrogens with one attached hydrogen (secondary N) is 1. The average Bonchev–Trinajstić information content (AvgIpc) is 2.99. The summed E-state index contributed by atoms with van der Waals surface area (Å²) in [5.74, 6) is 0.340. The lowest BCUT2D eigenvalue weighted by molar-refractivity contribution is -0.120. The monoisotopic (exact) mass is 312 g/mol. The second-order valence-corrected chi connectivity index (χ2v) is 5.24. The standard InChI is InChI=1S/C15H13FN6O/c16-10-1-3-11(4-2-10)22-15-12(7-20-22)14(18-9-19-15)21-6-5-17-13(23)8-21/h1-4,7,9H,5-6,8H2,(H,17,23). The second kappa shape index (κ2) is 5.31. The number of aromatic nitrogens is 4. The van der Waals surface area contributed by atoms with E-state index in [-0.39, 0.29) is 18.3 Å². The maximum Gasteiger partial charge on any atom is 0.239 e. The highest BCUT2D eigenvalue weighted by atomic mass is 19.1. The lowest BCUT2D eigenvalue weighted by Gasteiger charge is -2.27. The number of anilines is 1. The first-order chi connectivity index (χ1) is 11.2. The highest BCUT2D eigenvalue weighted by Gasteiger charge is 2.21. The van der Waals surface area contributed by atoms with E-state index in [1.807, 2.05) is 4.90 Å². The quantitative estimate of drug-likeness (QED) is 0.760. The molecule has 0 atom stereocenters. The van der Waals surface area contributed by atoms with Gasteiger partial charge in [-0.3, -0.25) is 4.79 Å². The summed E-state index contributed by atoms with van der Waals surface area (Å²) < 4.78 is 14.7. The number of hydrogen-bond acceptors (Lipinski definition) is 5. The number of nitrogens with zero attached hydrogens (tertiary/aromatic N) is 5. The van der Waals surface area contributed by atoms with E-state index in [0.29, 0.717) is 30.2 Å². The van der Waals surface area contributed by atoms with E-state index >= 15 is 0 Å². The lowest BCUT2D eigenvalue weighted by Crippen LogP contribution is -2.48. The maximum absolute atomic E-state index is 13.1. The van der Waals surface area contributed by atoms with Gasteiger partial charge in [0.1, 0.15) is 18.0 Å². The van der Waals surface area contributed by atoms with Crippen molar-refractivity contribution in [2.24, 2.45) is 0 Å². The van der Waals surface area contributed by atoms with Crippen LogP contribution in [0.2, 0.25) is 0 Å². The topological polar surface area (TPSA) is 75.9 Å². The van der Waals surface area contributed by atoms with Crippen molar-refractivity contribution < 1.29 is 9.18 Å². The van der Waals surface area contributed by atoms with E-state index in [1.54, 1.807) is 23.0 Å². The zero-order valence-electron chi connectivity index (χ0n) is 12.1. The predicted molar refractivity (Wildman–Crippen MR) is 81.8 cm³/mol. The fourth-order valence-corrected chi connectivity index (χ4v) is 2.67. The van der Waals surface area contributed by atoms with Crippen molar-refractivity contribution in [1.82, 2.24) is 25.1 Å². The summed E-state index contributed by atoms with van der Waals surface area (Å²) in [6, 6.07) is 6.02. The van der Waals surface area contributed by atoms with Gasteiger partial charge in [0.25, 0.3) is 0 Å². The van der Waals surface area contributed by atoms with Gasteiger partial charge in [0.05, 0.1) is 23.8 Å². The Labute approximate surface area is 130 Å². The van der Waals surface area contributed by atoms with Crippen molar-refractivity contribution in [3.63, 3.8) is 0 Å². The minimum Gasteiger partial charge on any atom is -0.353 e. The van der Waals surface area contributed by atoms with Crippen molar-refractivity contribution in [3.8, 4) is 5.69 Å². The van der Waals surface area contributed by atoms with E-state index in [1.165, 1.54) is 18.5 Å². The summed E-state index contributed by atoms with van der Waals surface area (Å²) in [6.45, 7) is 1.52. The maximum atomic E-state index is 13.1. The van der Waals surface area contributed by atoms with Crippen molar-refractivity contribution in [2.75, 3.05) is 24.5 Å². The van der Waals surface area contributed by atoms with Gasteiger partial charge in [0.2, 0.25) is 5.91 Å². The normalized spacial score (nSPS) is 15.0. The largest absolute Gasteiger partial charge is 0.353 e. The molecule has 23 heavy (non-hydrogen) atoms. The molecule has 0 bridgehead atoms. The van der Waals surface area contributed by atoms with E-state index in [0.717, 1.165) is 5.39 Å². The van der Waals surface area contributed by atoms with E-state index in [9.17, 15) is 9.18 Å². The molecule has 1 aliphatic heterocycles. The molecule has 116 valence electrons. The third-order valence-electron chi connectivity index (χ3n) is 3.75. The summed E-state index contributed by atoms with van der Waals surface area (Å²) in [5.41, 5.74) is 1.33. The molecule has 7 nitrogen and oxygen atoms in total. The average molecular weight is 312 g/mol. The fourth-order valence-electron chi connectivity index (χ4n) is 2.67. The first-order valence-corrected chi connectivity index (χ1v) is 7.19. The number of fused-ring (bicyclic) bond motifs is 1. The van der Waals surface area contributed by atoms with Gasteiger partial charge in [-0.25, -0.2) is 19.0 Å². The molecule has 1 saturated heterocycles. The molecule has 8 heteroatoms. The Kier molecular flexibility index (Phi) is 3.14. The van der Waals surface area contributed by atoms with Gasteiger partial charge in [-0.15, -0.1) is 0 Å². The summed E-state index contributed by atoms with van der Waals surface area (Å²) in [6.07, 6.45) is 3.12. The van der Waals surface area contributed by atoms with Crippen LogP contribution in [0, 0.1) is 5.82 Å². The van der Waals surface area contributed by atoms with E-state index < -0.39 is 0 Å². The number of carbonyl (C=O) groups excluding carboxylic acids is 1. The zero-order chi connectivity index (χ0) is 15.8. The van der Waals surface area contributed by atoms with Crippen LogP contribution in [-0.2, 0) is 4.79 Å². The van der Waals surface area contributed by atoms with Crippen LogP contribution >= 0.6 is 0 Å². The van der Waals surface area contributed by atoms with Crippen molar-refractivity contribution in [2.45, 2.75) is 0 Å². The predicted octanol–water partition coefficient (Wildman–Crippen LogP) is 0.891. The van der Waals surface area contributed by atoms with Gasteiger partial charge in [0.15, 0.2) is 5.65 Å². The Balaban J connectivity index is 1.80. The molecule has 0 radical (unpaired) electrons. The minimum atomic E-state index is -0.306. The molecule has 0 spiro atoms. The van der Waals surface area contributed by atoms with E-state index in [4.69, 9.17) is 0 Å². The van der Waals surface area contributed by atoms with Gasteiger partial charge in [0, 0.05) is 13.1 Å². The van der Waals surface area contributed by atoms with Gasteiger partial charge >= 0.3 is 0 Å². The van der Waals surface area contributed by atoms with Crippen LogP contribution in [0.25, 0.3) is 16.7 Å². The summed E-state index contributed by atoms with van der Waals surface area (Å²) in [4.78, 5) is 22.1. The number of piperazine rings is 1. The lowest BCUT2D eigenvalue weighted by atomic mass is 10.3. The smallest absolute Gasteiger partial charge is 0.239 e. The van der Waals surface area contributed by atoms with E-state index in [2.05, 4.69) is 20.4 Å². The first kappa shape index (κ1) is 13.6. The second-order valence-electron chi connectivity index (χ2n) is 5.24. The molecule has 1 aromatic carbocycles. The molecule has 0 unspecified atom stereocenters. The number of carbonyl (C=O) groups is 1. The molecular formula is C15H13FN6O. The molecule has 1 amide bonds. The SMILES string of the molecule is O=C1CN(c2ncnc3c2cnn3-c2ccc(F)cc2)CCN1. The number of hydrogen-bond donors (Lipinski definition) is 1. The number of benzene rings is 1. The van der Waals surface area contributed by atoms with Crippen LogP contribution in [0.5, 0.6) is 0 Å². The van der Waals surface area contributed by atoms with Crippen LogP contribution in [0.1, 0.15) is 0 Å². The number of amides is 1. The number of halogens is 1. The van der Waals surface area contributed by atoms with Crippen molar-refractivity contribution in [1.29, 1.82) is 0 Å². The van der Waals surface area contributed by atoms with Crippen LogP contribution < -0.4 is 10.2 Å². The third-order valence-corrected chi connectivity index (χ3v) is 3.75. The van der Waals surface area contributed by atoms with Crippen LogP contribution in [0.4, 0.5) is 10.2 Å². The first-order valence-electron chi connectivity index (χ1n) is 7.19. The third kappa shape index (κ3) is 2.37. The summed E-state index contributed by atoms with van der Waals surface area (Å²) in [5, 5.41) is 7.88. The fraction of sp³-hybridized carbons (Fsp3) is 0.200. The van der Waals surface area contributed by atoms with Crippen LogP contribution in [0.15, 0.2) is 36.8 Å². The van der Waals surface area contributed by atoms with Gasteiger partial charge in [-0.1, -0.05) is 0 Å². The minimum absolute atomic E-state index is 0.0334. The van der Waals surface area contributed by atoms with Crippen LogP contribution in [0.3, 0.4) is 0 Å². The summed E-state index contributed by atoms with van der Waals surface area (Å²) in [7, 11) is 0. The van der Waals surface area contributed by atoms with Crippen molar-refractivity contribution >= 4 is 22.8 Å². The Bertz CT molecular complexity index is 875. The molecule has 3 aromatic rings. The molecule has 1 N–H and O–H groups in total. The highest BCUT2D eigenvalue weighted by Crippen LogP contribution is 2.24. The van der Waals surface area contributed by atoms with Gasteiger partial charge in [-0.05, 0) is 24.3 Å². The molecule has 1 aliphatic rings. The van der Waals surface area contributed by atoms with Gasteiger partial charge in [-0.2, -0.15) is 5.10 Å². The number of rotatable bonds is 2. The van der Waals surface area contributed by atoms with Crippen molar-refractivity contribution in [3.05, 3.63) is 42.6 Å². The Hall–Kier alpha value is -3.03. The Morgan fingerprint density at radius 3 is 2.78 bits per heavy atom.